The molecule has 1 heterocycles. The number of rotatable bonds is 4. The van der Waals surface area contributed by atoms with Crippen molar-refractivity contribution < 1.29 is 27.1 Å². The van der Waals surface area contributed by atoms with Crippen molar-refractivity contribution in [2.45, 2.75) is 25.2 Å². The average Bonchev–Trinajstić information content (AvgIpc) is 2.60. The average molecular weight is 275 g/mol. The Morgan fingerprint density at radius 1 is 1.59 bits per heavy atom. The van der Waals surface area contributed by atoms with Gasteiger partial charge in [-0.1, -0.05) is 6.92 Å². The summed E-state index contributed by atoms with van der Waals surface area (Å²) >= 11 is 4.66. The number of H-pyrrole nitrogens is 1. The highest BCUT2D eigenvalue weighted by Crippen LogP contribution is 2.41. The fraction of sp³-hybridized carbons (Fsp3) is 0.500. The maximum absolute atomic E-state index is 12.8. The van der Waals surface area contributed by atoms with Crippen LogP contribution in [0.4, 0.5) is 17.6 Å². The lowest BCUT2D eigenvalue weighted by atomic mass is 10.3. The molecule has 1 N–H and O–H groups in total. The zero-order chi connectivity index (χ0) is 13.2. The van der Waals surface area contributed by atoms with Crippen molar-refractivity contribution in [3.05, 3.63) is 11.4 Å². The van der Waals surface area contributed by atoms with E-state index >= 15 is 0 Å². The van der Waals surface area contributed by atoms with E-state index in [0.717, 1.165) is 0 Å². The summed E-state index contributed by atoms with van der Waals surface area (Å²) in [5.74, 6) is -1.97. The highest BCUT2D eigenvalue weighted by atomic mass is 35.5. The van der Waals surface area contributed by atoms with Gasteiger partial charge in [0.05, 0.1) is 0 Å². The lowest BCUT2D eigenvalue weighted by Gasteiger charge is -2.08. The molecule has 0 aromatic carbocycles. The Kier molecular flexibility index (Phi) is 3.97. The molecule has 1 aromatic rings. The van der Waals surface area contributed by atoms with Crippen molar-refractivity contribution in [3.63, 3.8) is 0 Å². The van der Waals surface area contributed by atoms with Crippen molar-refractivity contribution in [1.82, 2.24) is 10.2 Å². The van der Waals surface area contributed by atoms with E-state index in [9.17, 15) is 22.4 Å². The van der Waals surface area contributed by atoms with Crippen molar-refractivity contribution in [2.24, 2.45) is 0 Å². The SMILES string of the molecule is CCC(=O)Oc1c(C(F)(F)Cl)n[nH]c1C(F)F. The Hall–Kier alpha value is -1.31. The normalized spacial score (nSPS) is 11.9. The van der Waals surface area contributed by atoms with Crippen LogP contribution >= 0.6 is 11.6 Å². The molecule has 0 fully saturated rings. The van der Waals surface area contributed by atoms with E-state index in [4.69, 9.17) is 0 Å². The molecular formula is C8H7ClF4N2O2. The van der Waals surface area contributed by atoms with E-state index in [1.807, 2.05) is 0 Å². The molecule has 0 aliphatic carbocycles. The Morgan fingerprint density at radius 3 is 2.59 bits per heavy atom. The third-order valence-electron chi connectivity index (χ3n) is 1.74. The molecule has 0 aliphatic rings. The number of carbonyl (C=O) groups excluding carboxylic acids is 1. The van der Waals surface area contributed by atoms with Crippen LogP contribution in [-0.4, -0.2) is 16.2 Å². The van der Waals surface area contributed by atoms with Crippen molar-refractivity contribution >= 4 is 17.6 Å². The molecule has 0 aliphatic heterocycles. The first-order chi connectivity index (χ1) is 7.77. The van der Waals surface area contributed by atoms with E-state index in [2.05, 4.69) is 21.4 Å². The fourth-order valence-electron chi connectivity index (χ4n) is 0.975. The van der Waals surface area contributed by atoms with Gasteiger partial charge in [0.25, 0.3) is 6.43 Å². The van der Waals surface area contributed by atoms with Gasteiger partial charge in [-0.15, -0.1) is 0 Å². The quantitative estimate of drug-likeness (QED) is 0.522. The minimum atomic E-state index is -4.01. The van der Waals surface area contributed by atoms with Gasteiger partial charge < -0.3 is 4.74 Å². The molecule has 96 valence electrons. The number of aromatic amines is 1. The van der Waals surface area contributed by atoms with Crippen LogP contribution in [0.15, 0.2) is 0 Å². The highest BCUT2D eigenvalue weighted by Gasteiger charge is 2.39. The van der Waals surface area contributed by atoms with Crippen LogP contribution in [0.2, 0.25) is 0 Å². The summed E-state index contributed by atoms with van der Waals surface area (Å²) in [6.07, 6.45) is -3.31. The van der Waals surface area contributed by atoms with Crippen LogP contribution in [0.25, 0.3) is 0 Å². The van der Waals surface area contributed by atoms with E-state index in [-0.39, 0.29) is 6.42 Å². The molecule has 1 rings (SSSR count). The Morgan fingerprint density at radius 2 is 2.18 bits per heavy atom. The number of esters is 1. The molecule has 0 bridgehead atoms. The van der Waals surface area contributed by atoms with E-state index in [1.165, 1.54) is 6.92 Å². The summed E-state index contributed by atoms with van der Waals surface area (Å²) in [6.45, 7) is 1.38. The standard InChI is InChI=1S/C8H7ClF4N2O2/c1-2-3(16)17-5-4(7(10)11)14-15-6(5)8(9,12)13/h7H,2H2,1H3,(H,14,15). The molecule has 0 unspecified atom stereocenters. The largest absolute Gasteiger partial charge is 0.422 e. The van der Waals surface area contributed by atoms with E-state index in [1.54, 1.807) is 5.10 Å². The van der Waals surface area contributed by atoms with Gasteiger partial charge in [-0.05, 0) is 11.6 Å². The summed E-state index contributed by atoms with van der Waals surface area (Å²) < 4.78 is 54.8. The van der Waals surface area contributed by atoms with E-state index < -0.39 is 34.9 Å². The van der Waals surface area contributed by atoms with Gasteiger partial charge in [0.15, 0.2) is 11.4 Å². The first-order valence-corrected chi connectivity index (χ1v) is 4.79. The van der Waals surface area contributed by atoms with E-state index in [0.29, 0.717) is 0 Å². The molecule has 1 aromatic heterocycles. The second-order valence-electron chi connectivity index (χ2n) is 2.94. The van der Waals surface area contributed by atoms with Crippen LogP contribution in [0.1, 0.15) is 31.2 Å². The second-order valence-corrected chi connectivity index (χ2v) is 3.42. The van der Waals surface area contributed by atoms with Crippen molar-refractivity contribution in [3.8, 4) is 5.75 Å². The molecule has 4 nitrogen and oxygen atoms in total. The zero-order valence-corrected chi connectivity index (χ0v) is 9.19. The number of aromatic nitrogens is 2. The summed E-state index contributed by atoms with van der Waals surface area (Å²) in [7, 11) is 0. The maximum atomic E-state index is 12.8. The predicted molar refractivity (Wildman–Crippen MR) is 49.2 cm³/mol. The molecule has 0 saturated heterocycles. The number of carbonyl (C=O) groups is 1. The molecule has 0 saturated carbocycles. The third-order valence-corrected chi connectivity index (χ3v) is 1.92. The third kappa shape index (κ3) is 3.09. The number of nitrogens with one attached hydrogen (secondary N) is 1. The summed E-state index contributed by atoms with van der Waals surface area (Å²) in [6, 6.07) is 0. The Labute approximate surface area is 97.9 Å². The Bertz CT molecular complexity index is 416. The Balaban J connectivity index is 3.20. The number of hydrogen-bond acceptors (Lipinski definition) is 3. The predicted octanol–water partition coefficient (Wildman–Crippen LogP) is 2.95. The maximum Gasteiger partial charge on any atom is 0.370 e. The molecular weight excluding hydrogens is 268 g/mol. The zero-order valence-electron chi connectivity index (χ0n) is 8.44. The smallest absolute Gasteiger partial charge is 0.370 e. The first-order valence-electron chi connectivity index (χ1n) is 4.41. The van der Waals surface area contributed by atoms with Gasteiger partial charge in [0.2, 0.25) is 0 Å². The van der Waals surface area contributed by atoms with Gasteiger partial charge >= 0.3 is 11.4 Å². The first kappa shape index (κ1) is 13.8. The van der Waals surface area contributed by atoms with Crippen LogP contribution in [0.5, 0.6) is 5.75 Å². The summed E-state index contributed by atoms with van der Waals surface area (Å²) in [5.41, 5.74) is -2.25. The molecule has 0 radical (unpaired) electrons. The summed E-state index contributed by atoms with van der Waals surface area (Å²) in [4.78, 5) is 10.9. The summed E-state index contributed by atoms with van der Waals surface area (Å²) in [5, 5.41) is 0.593. The van der Waals surface area contributed by atoms with Crippen LogP contribution in [0.3, 0.4) is 0 Å². The second kappa shape index (κ2) is 4.91. The van der Waals surface area contributed by atoms with Crippen LogP contribution in [-0.2, 0) is 10.2 Å². The fourth-order valence-corrected chi connectivity index (χ4v) is 1.10. The number of alkyl halides is 5. The molecule has 17 heavy (non-hydrogen) atoms. The van der Waals surface area contributed by atoms with Gasteiger partial charge in [-0.2, -0.15) is 13.9 Å². The number of hydrogen-bond donors (Lipinski definition) is 1. The highest BCUT2D eigenvalue weighted by molar-refractivity contribution is 6.21. The lowest BCUT2D eigenvalue weighted by Crippen LogP contribution is -2.12. The van der Waals surface area contributed by atoms with Gasteiger partial charge in [0.1, 0.15) is 5.69 Å². The lowest BCUT2D eigenvalue weighted by molar-refractivity contribution is -0.134. The van der Waals surface area contributed by atoms with Gasteiger partial charge in [-0.3, -0.25) is 9.89 Å². The number of ether oxygens (including phenoxy) is 1. The van der Waals surface area contributed by atoms with Gasteiger partial charge in [-0.25, -0.2) is 8.78 Å². The molecule has 9 heteroatoms. The number of nitrogens with zero attached hydrogens (tertiary/aromatic N) is 1. The topological polar surface area (TPSA) is 55.0 Å². The molecule has 0 amide bonds. The van der Waals surface area contributed by atoms with Crippen LogP contribution in [0, 0.1) is 0 Å². The monoisotopic (exact) mass is 274 g/mol. The minimum absolute atomic E-state index is 0.166. The van der Waals surface area contributed by atoms with Crippen LogP contribution < -0.4 is 4.74 Å². The van der Waals surface area contributed by atoms with Crippen molar-refractivity contribution in [1.29, 1.82) is 0 Å². The molecule has 0 spiro atoms. The number of halogens is 5. The molecule has 0 atom stereocenters. The van der Waals surface area contributed by atoms with Gasteiger partial charge in [0, 0.05) is 6.42 Å². The minimum Gasteiger partial charge on any atom is -0.422 e. The van der Waals surface area contributed by atoms with Crippen molar-refractivity contribution in [2.75, 3.05) is 0 Å².